The van der Waals surface area contributed by atoms with Gasteiger partial charge < -0.3 is 5.11 Å². The van der Waals surface area contributed by atoms with Crippen molar-refractivity contribution in [3.63, 3.8) is 0 Å². The number of aryl methyl sites for hydroxylation is 1. The van der Waals surface area contributed by atoms with Gasteiger partial charge in [0.2, 0.25) is 0 Å². The lowest BCUT2D eigenvalue weighted by molar-refractivity contribution is 0.220. The molecule has 1 N–H and O–H groups in total. The highest BCUT2D eigenvalue weighted by Crippen LogP contribution is 2.39. The monoisotopic (exact) mass is 366 g/mol. The molecule has 0 aliphatic rings. The van der Waals surface area contributed by atoms with Crippen LogP contribution in [0.5, 0.6) is 0 Å². The van der Waals surface area contributed by atoms with E-state index in [-0.39, 0.29) is 0 Å². The van der Waals surface area contributed by atoms with Crippen LogP contribution < -0.4 is 0 Å². The first-order valence-electron chi connectivity index (χ1n) is 4.26. The first-order valence-corrected chi connectivity index (χ1v) is 7.54. The molecule has 0 radical (unpaired) electrons. The van der Waals surface area contributed by atoms with Crippen LogP contribution >= 0.6 is 54.5 Å². The Hall–Kier alpha value is 0.320. The maximum Gasteiger partial charge on any atom is 0.107 e. The van der Waals surface area contributed by atoms with Crippen LogP contribution in [0.4, 0.5) is 0 Å². The van der Waals surface area contributed by atoms with Gasteiger partial charge in [0, 0.05) is 10.4 Å². The van der Waals surface area contributed by atoms with Crippen molar-refractivity contribution in [2.75, 3.05) is 0 Å². The second-order valence-corrected chi connectivity index (χ2v) is 7.98. The minimum Gasteiger partial charge on any atom is -0.384 e. The summed E-state index contributed by atoms with van der Waals surface area (Å²) in [5.41, 5.74) is 1.92. The number of halogens is 2. The average Bonchev–Trinajstić information content (AvgIpc) is 2.71. The topological polar surface area (TPSA) is 20.2 Å². The zero-order chi connectivity index (χ0) is 11.0. The van der Waals surface area contributed by atoms with Crippen molar-refractivity contribution >= 4 is 54.5 Å². The molecule has 0 bridgehead atoms. The number of aliphatic hydroxyl groups is 1. The van der Waals surface area contributed by atoms with E-state index in [4.69, 9.17) is 0 Å². The summed E-state index contributed by atoms with van der Waals surface area (Å²) in [6.07, 6.45) is -0.534. The van der Waals surface area contributed by atoms with Crippen molar-refractivity contribution < 1.29 is 5.11 Å². The summed E-state index contributed by atoms with van der Waals surface area (Å²) in [7, 11) is 0. The Morgan fingerprint density at radius 1 is 1.33 bits per heavy atom. The van der Waals surface area contributed by atoms with Crippen LogP contribution in [0.2, 0.25) is 0 Å². The van der Waals surface area contributed by atoms with E-state index in [2.05, 4.69) is 31.9 Å². The molecule has 5 heteroatoms. The Balaban J connectivity index is 2.40. The predicted molar refractivity (Wildman–Crippen MR) is 72.8 cm³/mol. The van der Waals surface area contributed by atoms with Crippen LogP contribution in [0.25, 0.3) is 0 Å². The largest absolute Gasteiger partial charge is 0.384 e. The molecule has 2 heterocycles. The lowest BCUT2D eigenvalue weighted by Crippen LogP contribution is -1.98. The highest BCUT2D eigenvalue weighted by Gasteiger charge is 2.18. The maximum absolute atomic E-state index is 10.2. The minimum absolute atomic E-state index is 0.534. The molecule has 1 unspecified atom stereocenters. The van der Waals surface area contributed by atoms with Gasteiger partial charge >= 0.3 is 0 Å². The molecule has 0 amide bonds. The van der Waals surface area contributed by atoms with E-state index in [0.29, 0.717) is 0 Å². The van der Waals surface area contributed by atoms with Gasteiger partial charge in [-0.1, -0.05) is 0 Å². The Kier molecular flexibility index (Phi) is 3.67. The molecule has 2 aromatic rings. The van der Waals surface area contributed by atoms with Crippen LogP contribution in [0.1, 0.15) is 22.1 Å². The molecular formula is C10H8Br2OS2. The van der Waals surface area contributed by atoms with Crippen LogP contribution in [0.15, 0.2) is 25.1 Å². The molecule has 0 saturated carbocycles. The number of hydrogen-bond donors (Lipinski definition) is 1. The minimum atomic E-state index is -0.534. The number of aliphatic hydroxyl groups excluding tert-OH is 1. The molecular weight excluding hydrogens is 360 g/mol. The highest BCUT2D eigenvalue weighted by atomic mass is 79.9. The fourth-order valence-corrected chi connectivity index (χ4v) is 5.00. The fourth-order valence-electron chi connectivity index (χ4n) is 1.39. The first-order chi connectivity index (χ1) is 7.09. The van der Waals surface area contributed by atoms with Gasteiger partial charge in [0.1, 0.15) is 6.10 Å². The molecule has 0 aromatic carbocycles. The average molecular weight is 368 g/mol. The summed E-state index contributed by atoms with van der Waals surface area (Å²) < 4.78 is 2.00. The van der Waals surface area contributed by atoms with Crippen molar-refractivity contribution in [3.05, 3.63) is 41.1 Å². The quantitative estimate of drug-likeness (QED) is 0.813. The molecule has 2 rings (SSSR count). The summed E-state index contributed by atoms with van der Waals surface area (Å²) in [6.45, 7) is 2.03. The van der Waals surface area contributed by atoms with Crippen LogP contribution in [0.3, 0.4) is 0 Å². The number of hydrogen-bond acceptors (Lipinski definition) is 3. The molecule has 15 heavy (non-hydrogen) atoms. The molecule has 0 spiro atoms. The smallest absolute Gasteiger partial charge is 0.107 e. The van der Waals surface area contributed by atoms with Crippen LogP contribution in [0, 0.1) is 6.92 Å². The van der Waals surface area contributed by atoms with Crippen LogP contribution in [-0.4, -0.2) is 5.11 Å². The van der Waals surface area contributed by atoms with Gasteiger partial charge in [-0.05, 0) is 61.9 Å². The molecule has 1 nitrogen and oxygen atoms in total. The van der Waals surface area contributed by atoms with E-state index in [1.165, 1.54) is 0 Å². The summed E-state index contributed by atoms with van der Waals surface area (Å²) >= 11 is 10.1. The standard InChI is InChI=1S/C10H8Br2OS2/c1-5-6(2-3-14-5)9(13)7-4-8(11)15-10(7)12/h2-4,9,13H,1H3. The van der Waals surface area contributed by atoms with E-state index in [9.17, 15) is 5.11 Å². The normalized spacial score (nSPS) is 13.1. The zero-order valence-electron chi connectivity index (χ0n) is 7.83. The van der Waals surface area contributed by atoms with Crippen molar-refractivity contribution in [2.24, 2.45) is 0 Å². The van der Waals surface area contributed by atoms with E-state index < -0.39 is 6.10 Å². The van der Waals surface area contributed by atoms with Gasteiger partial charge in [0.05, 0.1) is 7.57 Å². The van der Waals surface area contributed by atoms with Gasteiger partial charge in [0.25, 0.3) is 0 Å². The summed E-state index contributed by atoms with van der Waals surface area (Å²) in [4.78, 5) is 1.16. The van der Waals surface area contributed by atoms with E-state index in [1.807, 2.05) is 24.4 Å². The second-order valence-electron chi connectivity index (χ2n) is 3.11. The molecule has 0 aliphatic carbocycles. The van der Waals surface area contributed by atoms with E-state index in [0.717, 1.165) is 23.6 Å². The fraction of sp³-hybridized carbons (Fsp3) is 0.200. The van der Waals surface area contributed by atoms with Crippen molar-refractivity contribution in [1.29, 1.82) is 0 Å². The van der Waals surface area contributed by atoms with E-state index in [1.54, 1.807) is 22.7 Å². The molecule has 0 saturated heterocycles. The molecule has 0 aliphatic heterocycles. The van der Waals surface area contributed by atoms with Gasteiger partial charge in [-0.3, -0.25) is 0 Å². The van der Waals surface area contributed by atoms with Gasteiger partial charge in [-0.2, -0.15) is 0 Å². The second kappa shape index (κ2) is 4.67. The SMILES string of the molecule is Cc1sccc1C(O)c1cc(Br)sc1Br. The third kappa shape index (κ3) is 2.36. The highest BCUT2D eigenvalue weighted by molar-refractivity contribution is 9.12. The first kappa shape index (κ1) is 11.8. The molecule has 1 atom stereocenters. The summed E-state index contributed by atoms with van der Waals surface area (Å²) in [6, 6.07) is 3.93. The lowest BCUT2D eigenvalue weighted by atomic mass is 10.1. The number of thiophene rings is 2. The zero-order valence-corrected chi connectivity index (χ0v) is 12.6. The Bertz CT molecular complexity index is 475. The van der Waals surface area contributed by atoms with Crippen molar-refractivity contribution in [1.82, 2.24) is 0 Å². The third-order valence-electron chi connectivity index (χ3n) is 2.17. The Morgan fingerprint density at radius 2 is 2.07 bits per heavy atom. The van der Waals surface area contributed by atoms with Crippen molar-refractivity contribution in [3.8, 4) is 0 Å². The predicted octanol–water partition coefficient (Wildman–Crippen LogP) is 4.72. The van der Waals surface area contributed by atoms with Gasteiger partial charge in [-0.25, -0.2) is 0 Å². The van der Waals surface area contributed by atoms with Gasteiger partial charge in [0.15, 0.2) is 0 Å². The number of rotatable bonds is 2. The van der Waals surface area contributed by atoms with Crippen molar-refractivity contribution in [2.45, 2.75) is 13.0 Å². The van der Waals surface area contributed by atoms with Crippen LogP contribution in [-0.2, 0) is 0 Å². The molecule has 0 fully saturated rings. The summed E-state index contributed by atoms with van der Waals surface area (Å²) in [5, 5.41) is 12.2. The molecule has 2 aromatic heterocycles. The Morgan fingerprint density at radius 3 is 2.53 bits per heavy atom. The summed E-state index contributed by atoms with van der Waals surface area (Å²) in [5.74, 6) is 0. The lowest BCUT2D eigenvalue weighted by Gasteiger charge is -2.09. The van der Waals surface area contributed by atoms with Gasteiger partial charge in [-0.15, -0.1) is 22.7 Å². The molecule has 80 valence electrons. The maximum atomic E-state index is 10.2. The van der Waals surface area contributed by atoms with E-state index >= 15 is 0 Å². The Labute approximate surface area is 113 Å². The third-order valence-corrected chi connectivity index (χ3v) is 5.42.